The Bertz CT molecular complexity index is 758. The molecule has 0 fully saturated rings. The normalized spacial score (nSPS) is 10.5. The molecule has 2 aromatic rings. The van der Waals surface area contributed by atoms with Crippen LogP contribution in [0.1, 0.15) is 16.1 Å². The van der Waals surface area contributed by atoms with Gasteiger partial charge in [-0.05, 0) is 17.7 Å². The third kappa shape index (κ3) is 3.20. The van der Waals surface area contributed by atoms with E-state index in [-0.39, 0.29) is 18.3 Å². The minimum atomic E-state index is -1.07. The monoisotopic (exact) mass is 308 g/mol. The first kappa shape index (κ1) is 15.4. The highest BCUT2D eigenvalue weighted by atomic mass is 19.1. The molecule has 0 saturated heterocycles. The molecule has 0 aliphatic carbocycles. The van der Waals surface area contributed by atoms with E-state index in [9.17, 15) is 19.1 Å². The summed E-state index contributed by atoms with van der Waals surface area (Å²) >= 11 is 0. The fourth-order valence-corrected chi connectivity index (χ4v) is 1.58. The summed E-state index contributed by atoms with van der Waals surface area (Å²) in [5.41, 5.74) is 6.97. The molecule has 0 aliphatic heterocycles. The molecule has 0 amide bonds. The Hall–Kier alpha value is -2.94. The molecule has 2 rings (SSSR count). The number of anilines is 1. The van der Waals surface area contributed by atoms with Crippen molar-refractivity contribution in [2.75, 3.05) is 5.73 Å². The number of rotatable bonds is 4. The molecule has 0 unspecified atom stereocenters. The number of nitrogens with two attached hydrogens (primary N) is 1. The number of nitrogen functional groups attached to an aromatic ring is 1. The molecule has 22 heavy (non-hydrogen) atoms. The number of hydrogen-bond acceptors (Lipinski definition) is 7. The zero-order valence-electron chi connectivity index (χ0n) is 11.5. The molecule has 1 aromatic carbocycles. The summed E-state index contributed by atoms with van der Waals surface area (Å²) < 4.78 is 13.6. The number of halogens is 1. The number of aromatic nitrogens is 2. The fraction of sp³-hybridized carbons (Fsp3) is 0.154. The molecule has 8 nitrogen and oxygen atoms in total. The van der Waals surface area contributed by atoms with Gasteiger partial charge < -0.3 is 15.7 Å². The fourth-order valence-electron chi connectivity index (χ4n) is 1.58. The van der Waals surface area contributed by atoms with E-state index in [4.69, 9.17) is 5.73 Å². The predicted molar refractivity (Wildman–Crippen MR) is 74.2 cm³/mol. The van der Waals surface area contributed by atoms with Crippen LogP contribution in [0.3, 0.4) is 0 Å². The quantitative estimate of drug-likeness (QED) is 0.684. The predicted octanol–water partition coefficient (Wildman–Crippen LogP) is 0.0688. The maximum atomic E-state index is 12.7. The van der Waals surface area contributed by atoms with Crippen LogP contribution in [-0.2, 0) is 18.4 Å². The van der Waals surface area contributed by atoms with Crippen molar-refractivity contribution >= 4 is 11.9 Å². The van der Waals surface area contributed by atoms with Crippen LogP contribution in [0.2, 0.25) is 0 Å². The van der Waals surface area contributed by atoms with E-state index >= 15 is 0 Å². The van der Waals surface area contributed by atoms with Crippen molar-refractivity contribution in [1.29, 1.82) is 0 Å². The average molecular weight is 308 g/mol. The highest BCUT2D eigenvalue weighted by Gasteiger charge is 2.20. The molecule has 9 heteroatoms. The minimum Gasteiger partial charge on any atom is -0.501 e. The van der Waals surface area contributed by atoms with Gasteiger partial charge in [0, 0.05) is 7.05 Å². The molecular weight excluding hydrogens is 295 g/mol. The maximum absolute atomic E-state index is 12.7. The number of carbonyl (C=O) groups is 1. The lowest BCUT2D eigenvalue weighted by Gasteiger charge is -2.08. The minimum absolute atomic E-state index is 0.104. The summed E-state index contributed by atoms with van der Waals surface area (Å²) in [6.07, 6.45) is 0. The van der Waals surface area contributed by atoms with Crippen molar-refractivity contribution in [2.45, 2.75) is 6.54 Å². The second-order valence-electron chi connectivity index (χ2n) is 4.37. The Morgan fingerprint density at radius 1 is 1.45 bits per heavy atom. The molecule has 1 heterocycles. The zero-order chi connectivity index (χ0) is 16.3. The SMILES string of the molecule is Cn1c(N)nc(C(=O)ONCc2ccc(F)cc2)c(O)c1=O. The van der Waals surface area contributed by atoms with E-state index in [1.807, 2.05) is 0 Å². The summed E-state index contributed by atoms with van der Waals surface area (Å²) in [6, 6.07) is 5.52. The van der Waals surface area contributed by atoms with E-state index in [0.717, 1.165) is 4.57 Å². The molecule has 0 spiro atoms. The average Bonchev–Trinajstić information content (AvgIpc) is 2.50. The number of aromatic hydroxyl groups is 1. The first-order valence-electron chi connectivity index (χ1n) is 6.14. The summed E-state index contributed by atoms with van der Waals surface area (Å²) in [5.74, 6) is -2.55. The zero-order valence-corrected chi connectivity index (χ0v) is 11.5. The lowest BCUT2D eigenvalue weighted by atomic mass is 10.2. The van der Waals surface area contributed by atoms with Gasteiger partial charge in [-0.15, -0.1) is 5.48 Å². The van der Waals surface area contributed by atoms with Gasteiger partial charge in [-0.1, -0.05) is 12.1 Å². The largest absolute Gasteiger partial charge is 0.501 e. The van der Waals surface area contributed by atoms with Crippen molar-refractivity contribution in [3.63, 3.8) is 0 Å². The van der Waals surface area contributed by atoms with Crippen LogP contribution in [0, 0.1) is 5.82 Å². The van der Waals surface area contributed by atoms with Crippen LogP contribution in [0.5, 0.6) is 5.75 Å². The van der Waals surface area contributed by atoms with Crippen LogP contribution < -0.4 is 16.8 Å². The van der Waals surface area contributed by atoms with Crippen molar-refractivity contribution in [2.24, 2.45) is 7.05 Å². The standard InChI is InChI=1S/C13H13FN4O4/c1-18-11(20)10(19)9(17-13(18)15)12(21)22-16-6-7-2-4-8(14)5-3-7/h2-5,16,19H,6H2,1H3,(H2,15,17). The number of nitrogens with one attached hydrogen (secondary N) is 1. The molecule has 0 radical (unpaired) electrons. The smallest absolute Gasteiger partial charge is 0.379 e. The third-order valence-electron chi connectivity index (χ3n) is 2.85. The summed E-state index contributed by atoms with van der Waals surface area (Å²) in [4.78, 5) is 31.6. The van der Waals surface area contributed by atoms with Crippen molar-refractivity contribution in [1.82, 2.24) is 15.0 Å². The second-order valence-corrected chi connectivity index (χ2v) is 4.37. The molecule has 0 atom stereocenters. The van der Waals surface area contributed by atoms with Crippen LogP contribution >= 0.6 is 0 Å². The van der Waals surface area contributed by atoms with Crippen LogP contribution in [0.4, 0.5) is 10.3 Å². The number of hydroxylamine groups is 1. The highest BCUT2D eigenvalue weighted by molar-refractivity contribution is 5.90. The van der Waals surface area contributed by atoms with E-state index in [1.165, 1.54) is 31.3 Å². The lowest BCUT2D eigenvalue weighted by Crippen LogP contribution is -2.27. The van der Waals surface area contributed by atoms with Gasteiger partial charge in [0.2, 0.25) is 17.4 Å². The summed E-state index contributed by atoms with van der Waals surface area (Å²) in [5, 5.41) is 9.60. The number of hydrogen-bond donors (Lipinski definition) is 3. The van der Waals surface area contributed by atoms with Gasteiger partial charge in [0.25, 0.3) is 5.56 Å². The van der Waals surface area contributed by atoms with Crippen molar-refractivity contribution < 1.29 is 19.1 Å². The first-order valence-corrected chi connectivity index (χ1v) is 6.14. The van der Waals surface area contributed by atoms with E-state index < -0.39 is 23.0 Å². The molecule has 4 N–H and O–H groups in total. The Labute approximate surface area is 123 Å². The molecule has 0 saturated carbocycles. The Kier molecular flexibility index (Phi) is 4.37. The summed E-state index contributed by atoms with van der Waals surface area (Å²) in [6.45, 7) is 0.104. The molecule has 116 valence electrons. The highest BCUT2D eigenvalue weighted by Crippen LogP contribution is 2.11. The molecular formula is C13H13FN4O4. The van der Waals surface area contributed by atoms with Gasteiger partial charge in [0.15, 0.2) is 0 Å². The van der Waals surface area contributed by atoms with Crippen LogP contribution in [0.15, 0.2) is 29.1 Å². The Morgan fingerprint density at radius 2 is 2.09 bits per heavy atom. The second kappa shape index (κ2) is 6.22. The third-order valence-corrected chi connectivity index (χ3v) is 2.85. The first-order chi connectivity index (χ1) is 10.4. The van der Waals surface area contributed by atoms with Crippen molar-refractivity contribution in [3.05, 3.63) is 51.7 Å². The van der Waals surface area contributed by atoms with Crippen molar-refractivity contribution in [3.8, 4) is 5.75 Å². The number of benzene rings is 1. The van der Waals surface area contributed by atoms with Gasteiger partial charge in [-0.3, -0.25) is 9.36 Å². The molecule has 1 aromatic heterocycles. The van der Waals surface area contributed by atoms with Crippen LogP contribution in [0.25, 0.3) is 0 Å². The van der Waals surface area contributed by atoms with Gasteiger partial charge in [0.1, 0.15) is 5.82 Å². The van der Waals surface area contributed by atoms with Gasteiger partial charge in [0.05, 0.1) is 6.54 Å². The van der Waals surface area contributed by atoms with Gasteiger partial charge >= 0.3 is 5.97 Å². The number of nitrogens with zero attached hydrogens (tertiary/aromatic N) is 2. The van der Waals surface area contributed by atoms with Crippen LogP contribution in [-0.4, -0.2) is 20.6 Å². The maximum Gasteiger partial charge on any atom is 0.379 e. The summed E-state index contributed by atoms with van der Waals surface area (Å²) in [7, 11) is 1.30. The molecule has 0 aliphatic rings. The lowest BCUT2D eigenvalue weighted by molar-refractivity contribution is 0.0226. The van der Waals surface area contributed by atoms with E-state index in [0.29, 0.717) is 5.56 Å². The Balaban J connectivity index is 2.04. The molecule has 0 bridgehead atoms. The topological polar surface area (TPSA) is 119 Å². The van der Waals surface area contributed by atoms with Gasteiger partial charge in [-0.2, -0.15) is 0 Å². The van der Waals surface area contributed by atoms with E-state index in [2.05, 4.69) is 15.3 Å². The Morgan fingerprint density at radius 3 is 2.73 bits per heavy atom. The van der Waals surface area contributed by atoms with Gasteiger partial charge in [-0.25, -0.2) is 14.2 Å². The number of carbonyl (C=O) groups excluding carboxylic acids is 1. The van der Waals surface area contributed by atoms with E-state index in [1.54, 1.807) is 0 Å².